The van der Waals surface area contributed by atoms with Gasteiger partial charge in [-0.25, -0.2) is 4.98 Å². The lowest BCUT2D eigenvalue weighted by atomic mass is 9.69. The molecule has 0 spiro atoms. The summed E-state index contributed by atoms with van der Waals surface area (Å²) in [5, 5.41) is 3.69. The van der Waals surface area contributed by atoms with Gasteiger partial charge in [0.1, 0.15) is 5.65 Å². The van der Waals surface area contributed by atoms with Crippen molar-refractivity contribution in [3.63, 3.8) is 0 Å². The molecule has 2 unspecified atom stereocenters. The largest absolute Gasteiger partial charge is 0.308 e. The van der Waals surface area contributed by atoms with Gasteiger partial charge in [-0.2, -0.15) is 0 Å². The zero-order valence-corrected chi connectivity index (χ0v) is 15.3. The fourth-order valence-corrected chi connectivity index (χ4v) is 4.00. The number of aromatic nitrogens is 2. The predicted octanol–water partition coefficient (Wildman–Crippen LogP) is 3.70. The Morgan fingerprint density at radius 2 is 2.00 bits per heavy atom. The van der Waals surface area contributed by atoms with Crippen molar-refractivity contribution >= 4 is 5.65 Å². The molecule has 0 radical (unpaired) electrons. The van der Waals surface area contributed by atoms with Crippen molar-refractivity contribution in [3.05, 3.63) is 46.0 Å². The summed E-state index contributed by atoms with van der Waals surface area (Å²) in [5.41, 5.74) is 2.93. The standard InChI is InChI=1S/C20H29N3O/c1-14-9-10-18-22-15(11-19(24)23(18)13-14)12-21-17-8-6-5-7-16(17)20(2,3)4/h9-11,13,16-17,21H,5-8,12H2,1-4H3. The number of aryl methyl sites for hydroxylation is 1. The van der Waals surface area contributed by atoms with Crippen LogP contribution >= 0.6 is 0 Å². The molecule has 130 valence electrons. The second kappa shape index (κ2) is 6.67. The van der Waals surface area contributed by atoms with Gasteiger partial charge in [0.15, 0.2) is 0 Å². The molecule has 0 saturated heterocycles. The Kier molecular flexibility index (Phi) is 4.77. The number of hydrogen-bond acceptors (Lipinski definition) is 3. The maximum absolute atomic E-state index is 12.3. The molecule has 4 heteroatoms. The van der Waals surface area contributed by atoms with E-state index in [1.807, 2.05) is 25.3 Å². The third kappa shape index (κ3) is 3.69. The molecule has 2 heterocycles. The molecule has 1 aliphatic carbocycles. The number of pyridine rings is 1. The van der Waals surface area contributed by atoms with Gasteiger partial charge in [0, 0.05) is 24.8 Å². The van der Waals surface area contributed by atoms with Crippen LogP contribution in [0.25, 0.3) is 5.65 Å². The zero-order chi connectivity index (χ0) is 17.3. The Balaban J connectivity index is 1.77. The maximum Gasteiger partial charge on any atom is 0.258 e. The summed E-state index contributed by atoms with van der Waals surface area (Å²) in [4.78, 5) is 17.0. The van der Waals surface area contributed by atoms with E-state index in [0.717, 1.165) is 16.9 Å². The van der Waals surface area contributed by atoms with Crippen LogP contribution in [0.2, 0.25) is 0 Å². The molecule has 24 heavy (non-hydrogen) atoms. The summed E-state index contributed by atoms with van der Waals surface area (Å²) in [6, 6.07) is 6.08. The summed E-state index contributed by atoms with van der Waals surface area (Å²) in [6.45, 7) is 9.65. The maximum atomic E-state index is 12.3. The number of rotatable bonds is 3. The molecule has 1 aliphatic rings. The number of hydrogen-bond donors (Lipinski definition) is 1. The highest BCUT2D eigenvalue weighted by molar-refractivity contribution is 5.39. The van der Waals surface area contributed by atoms with Gasteiger partial charge >= 0.3 is 0 Å². The predicted molar refractivity (Wildman–Crippen MR) is 98.2 cm³/mol. The first-order valence-corrected chi connectivity index (χ1v) is 9.07. The summed E-state index contributed by atoms with van der Waals surface area (Å²) >= 11 is 0. The monoisotopic (exact) mass is 327 g/mol. The van der Waals surface area contributed by atoms with Crippen LogP contribution in [0.5, 0.6) is 0 Å². The second-order valence-corrected chi connectivity index (χ2v) is 8.26. The second-order valence-electron chi connectivity index (χ2n) is 8.26. The van der Waals surface area contributed by atoms with Crippen LogP contribution in [0, 0.1) is 18.3 Å². The third-order valence-corrected chi connectivity index (χ3v) is 5.28. The average molecular weight is 327 g/mol. The minimum atomic E-state index is -0.00323. The van der Waals surface area contributed by atoms with Gasteiger partial charge in [-0.05, 0) is 42.7 Å². The van der Waals surface area contributed by atoms with Crippen molar-refractivity contribution in [2.75, 3.05) is 0 Å². The SMILES string of the molecule is Cc1ccc2nc(CNC3CCCCC3C(C)(C)C)cc(=O)n2c1. The van der Waals surface area contributed by atoms with Crippen molar-refractivity contribution < 1.29 is 0 Å². The fraction of sp³-hybridized carbons (Fsp3) is 0.600. The van der Waals surface area contributed by atoms with E-state index in [-0.39, 0.29) is 5.56 Å². The quantitative estimate of drug-likeness (QED) is 0.935. The van der Waals surface area contributed by atoms with Crippen LogP contribution in [0.1, 0.15) is 57.7 Å². The smallest absolute Gasteiger partial charge is 0.258 e. The first kappa shape index (κ1) is 17.2. The molecule has 1 fully saturated rings. The van der Waals surface area contributed by atoms with E-state index in [4.69, 9.17) is 0 Å². The van der Waals surface area contributed by atoms with Gasteiger partial charge in [0.25, 0.3) is 5.56 Å². The van der Waals surface area contributed by atoms with Crippen LogP contribution in [-0.4, -0.2) is 15.4 Å². The van der Waals surface area contributed by atoms with Gasteiger partial charge in [-0.1, -0.05) is 39.7 Å². The van der Waals surface area contributed by atoms with Crippen molar-refractivity contribution in [2.45, 2.75) is 66.0 Å². The lowest BCUT2D eigenvalue weighted by Gasteiger charge is -2.41. The van der Waals surface area contributed by atoms with E-state index in [1.165, 1.54) is 25.7 Å². The number of nitrogens with zero attached hydrogens (tertiary/aromatic N) is 2. The Labute approximate surface area is 144 Å². The lowest BCUT2D eigenvalue weighted by Crippen LogP contribution is -2.44. The topological polar surface area (TPSA) is 46.4 Å². The van der Waals surface area contributed by atoms with Gasteiger partial charge in [0.05, 0.1) is 5.69 Å². The molecule has 0 amide bonds. The molecule has 0 bridgehead atoms. The highest BCUT2D eigenvalue weighted by Gasteiger charge is 2.33. The summed E-state index contributed by atoms with van der Waals surface area (Å²) in [6.07, 6.45) is 6.97. The first-order chi connectivity index (χ1) is 11.3. The third-order valence-electron chi connectivity index (χ3n) is 5.28. The molecular formula is C20H29N3O. The van der Waals surface area contributed by atoms with Crippen molar-refractivity contribution in [1.82, 2.24) is 14.7 Å². The van der Waals surface area contributed by atoms with Crippen molar-refractivity contribution in [3.8, 4) is 0 Å². The van der Waals surface area contributed by atoms with Crippen LogP contribution in [0.15, 0.2) is 29.2 Å². The first-order valence-electron chi connectivity index (χ1n) is 9.07. The van der Waals surface area contributed by atoms with Crippen LogP contribution < -0.4 is 10.9 Å². The minimum absolute atomic E-state index is 0.00323. The summed E-state index contributed by atoms with van der Waals surface area (Å²) in [7, 11) is 0. The van der Waals surface area contributed by atoms with Crippen LogP contribution in [-0.2, 0) is 6.54 Å². The van der Waals surface area contributed by atoms with E-state index in [9.17, 15) is 4.79 Å². The van der Waals surface area contributed by atoms with Crippen molar-refractivity contribution in [2.24, 2.45) is 11.3 Å². The molecular weight excluding hydrogens is 298 g/mol. The van der Waals surface area contributed by atoms with Gasteiger partial charge in [0.2, 0.25) is 0 Å². The molecule has 2 aromatic heterocycles. The number of fused-ring (bicyclic) bond motifs is 1. The number of nitrogens with one attached hydrogen (secondary N) is 1. The lowest BCUT2D eigenvalue weighted by molar-refractivity contribution is 0.130. The van der Waals surface area contributed by atoms with Crippen LogP contribution in [0.4, 0.5) is 0 Å². The van der Waals surface area contributed by atoms with E-state index in [2.05, 4.69) is 31.1 Å². The molecule has 3 rings (SSSR count). The molecule has 0 aromatic carbocycles. The summed E-state index contributed by atoms with van der Waals surface area (Å²) in [5.74, 6) is 0.676. The molecule has 0 aliphatic heterocycles. The molecule has 4 nitrogen and oxygen atoms in total. The van der Waals surface area contributed by atoms with Gasteiger partial charge < -0.3 is 5.32 Å². The van der Waals surface area contributed by atoms with E-state index >= 15 is 0 Å². The Morgan fingerprint density at radius 1 is 1.25 bits per heavy atom. The Hall–Kier alpha value is -1.68. The molecule has 2 aromatic rings. The zero-order valence-electron chi connectivity index (χ0n) is 15.3. The van der Waals surface area contributed by atoms with E-state index in [0.29, 0.717) is 23.9 Å². The van der Waals surface area contributed by atoms with Gasteiger partial charge in [-0.3, -0.25) is 9.20 Å². The van der Waals surface area contributed by atoms with Gasteiger partial charge in [-0.15, -0.1) is 0 Å². The minimum Gasteiger partial charge on any atom is -0.308 e. The Bertz CT molecular complexity index is 773. The fourth-order valence-electron chi connectivity index (χ4n) is 4.00. The van der Waals surface area contributed by atoms with Crippen LogP contribution in [0.3, 0.4) is 0 Å². The van der Waals surface area contributed by atoms with E-state index in [1.54, 1.807) is 10.5 Å². The molecule has 1 N–H and O–H groups in total. The highest BCUT2D eigenvalue weighted by atomic mass is 16.1. The highest BCUT2D eigenvalue weighted by Crippen LogP contribution is 2.38. The average Bonchev–Trinajstić information content (AvgIpc) is 2.53. The normalized spacial score (nSPS) is 22.0. The van der Waals surface area contributed by atoms with E-state index < -0.39 is 0 Å². The van der Waals surface area contributed by atoms with Crippen molar-refractivity contribution in [1.29, 1.82) is 0 Å². The summed E-state index contributed by atoms with van der Waals surface area (Å²) < 4.78 is 1.62. The molecule has 1 saturated carbocycles. The molecule has 2 atom stereocenters. The Morgan fingerprint density at radius 3 is 2.75 bits per heavy atom.